The van der Waals surface area contributed by atoms with Gasteiger partial charge in [-0.1, -0.05) is 13.3 Å². The molecule has 2 nitrogen and oxygen atoms in total. The van der Waals surface area contributed by atoms with E-state index < -0.39 is 11.4 Å². The molecule has 0 fully saturated rings. The molecule has 3 heteroatoms. The third-order valence-electron chi connectivity index (χ3n) is 0.836. The molecule has 0 spiro atoms. The van der Waals surface area contributed by atoms with Gasteiger partial charge in [-0.2, -0.15) is 0 Å². The van der Waals surface area contributed by atoms with Crippen LogP contribution in [-0.4, -0.2) is 17.4 Å². The highest BCUT2D eigenvalue weighted by molar-refractivity contribution is 7.88. The summed E-state index contributed by atoms with van der Waals surface area (Å²) in [6.45, 7) is 2.99. The predicted molar refractivity (Wildman–Crippen MR) is 37.0 cm³/mol. The Kier molecular flexibility index (Phi) is 5.59. The summed E-state index contributed by atoms with van der Waals surface area (Å²) in [5.41, 5.74) is 0. The third-order valence-corrected chi connectivity index (χ3v) is 1.45. The van der Waals surface area contributed by atoms with Crippen molar-refractivity contribution in [1.82, 2.24) is 4.72 Å². The zero-order chi connectivity index (χ0) is 6.41. The first-order valence-corrected chi connectivity index (χ1v) is 4.40. The molecular weight excluding hydrogens is 122 g/mol. The molecule has 0 heterocycles. The lowest BCUT2D eigenvalue weighted by atomic mass is 10.3. The summed E-state index contributed by atoms with van der Waals surface area (Å²) in [4.78, 5) is 0. The van der Waals surface area contributed by atoms with Crippen LogP contribution in [-0.2, 0) is 11.4 Å². The quantitative estimate of drug-likeness (QED) is 0.454. The van der Waals surface area contributed by atoms with Crippen LogP contribution in [0.4, 0.5) is 0 Å². The molecule has 1 N–H and O–H groups in total. The molecule has 0 aromatic heterocycles. The average molecular weight is 135 g/mol. The summed E-state index contributed by atoms with van der Waals surface area (Å²) in [5.74, 6) is 0. The van der Waals surface area contributed by atoms with Crippen LogP contribution in [0.25, 0.3) is 0 Å². The first kappa shape index (κ1) is 8.27. The van der Waals surface area contributed by atoms with Crippen molar-refractivity contribution in [3.63, 3.8) is 0 Å². The Morgan fingerprint density at radius 3 is 2.62 bits per heavy atom. The van der Waals surface area contributed by atoms with Gasteiger partial charge in [0.05, 0.1) is 0 Å². The van der Waals surface area contributed by atoms with Crippen LogP contribution in [0.5, 0.6) is 0 Å². The fraction of sp³-hybridized carbons (Fsp3) is 1.00. The first-order chi connectivity index (χ1) is 3.77. The second-order valence-corrected chi connectivity index (χ2v) is 2.90. The van der Waals surface area contributed by atoms with Gasteiger partial charge in [0.1, 0.15) is 6.26 Å². The van der Waals surface area contributed by atoms with Gasteiger partial charge in [0.25, 0.3) is 0 Å². The predicted octanol–water partition coefficient (Wildman–Crippen LogP) is 0.670. The minimum Gasteiger partial charge on any atom is -0.598 e. The van der Waals surface area contributed by atoms with E-state index in [1.165, 1.54) is 0 Å². The van der Waals surface area contributed by atoms with Gasteiger partial charge in [0.2, 0.25) is 0 Å². The molecule has 0 aliphatic carbocycles. The maximum Gasteiger partial charge on any atom is 0.115 e. The van der Waals surface area contributed by atoms with Gasteiger partial charge in [-0.15, -0.1) is 4.72 Å². The minimum absolute atomic E-state index is 0.817. The summed E-state index contributed by atoms with van der Waals surface area (Å²) >= 11 is -0.817. The van der Waals surface area contributed by atoms with Crippen molar-refractivity contribution < 1.29 is 4.55 Å². The largest absolute Gasteiger partial charge is 0.598 e. The topological polar surface area (TPSA) is 35.1 Å². The van der Waals surface area contributed by atoms with Gasteiger partial charge < -0.3 is 4.55 Å². The molecule has 0 aromatic carbocycles. The molecule has 0 aliphatic rings. The highest BCUT2D eigenvalue weighted by Crippen LogP contribution is 1.83. The molecule has 0 aliphatic heterocycles. The lowest BCUT2D eigenvalue weighted by Crippen LogP contribution is -2.22. The van der Waals surface area contributed by atoms with Crippen LogP contribution < -0.4 is 4.72 Å². The molecule has 1 atom stereocenters. The second kappa shape index (κ2) is 5.41. The average Bonchev–Trinajstić information content (AvgIpc) is 1.66. The molecule has 0 amide bonds. The SMILES string of the molecule is CCCCN[S+](C)[O-]. The molecule has 50 valence electrons. The summed E-state index contributed by atoms with van der Waals surface area (Å²) in [6, 6.07) is 0. The lowest BCUT2D eigenvalue weighted by molar-refractivity contribution is 0.583. The van der Waals surface area contributed by atoms with Gasteiger partial charge in [-0.3, -0.25) is 0 Å². The van der Waals surface area contributed by atoms with Crippen LogP contribution in [0, 0.1) is 0 Å². The van der Waals surface area contributed by atoms with Crippen LogP contribution >= 0.6 is 0 Å². The summed E-state index contributed by atoms with van der Waals surface area (Å²) in [7, 11) is 0. The van der Waals surface area contributed by atoms with E-state index in [1.54, 1.807) is 6.26 Å². The summed E-state index contributed by atoms with van der Waals surface area (Å²) in [5, 5.41) is 0. The number of unbranched alkanes of at least 4 members (excludes halogenated alkanes) is 1. The monoisotopic (exact) mass is 135 g/mol. The smallest absolute Gasteiger partial charge is 0.115 e. The van der Waals surface area contributed by atoms with Crippen LogP contribution in [0.15, 0.2) is 0 Å². The zero-order valence-electron chi connectivity index (χ0n) is 5.44. The standard InChI is InChI=1S/C5H13NOS/c1-3-4-5-6-8(2)7/h6H,3-5H2,1-2H3. The Bertz CT molecular complexity index is 49.7. The van der Waals surface area contributed by atoms with Crippen molar-refractivity contribution >= 4 is 11.4 Å². The zero-order valence-corrected chi connectivity index (χ0v) is 6.25. The number of rotatable bonds is 4. The lowest BCUT2D eigenvalue weighted by Gasteiger charge is -2.03. The van der Waals surface area contributed by atoms with Crippen molar-refractivity contribution in [2.45, 2.75) is 19.8 Å². The number of nitrogens with one attached hydrogen (secondary N) is 1. The Labute approximate surface area is 54.0 Å². The Balaban J connectivity index is 2.72. The fourth-order valence-electron chi connectivity index (χ4n) is 0.393. The molecule has 0 bridgehead atoms. The van der Waals surface area contributed by atoms with Gasteiger partial charge in [0.15, 0.2) is 0 Å². The molecule has 0 saturated heterocycles. The van der Waals surface area contributed by atoms with Crippen LogP contribution in [0.2, 0.25) is 0 Å². The highest BCUT2D eigenvalue weighted by atomic mass is 32.2. The van der Waals surface area contributed by atoms with Gasteiger partial charge in [-0.25, -0.2) is 0 Å². The van der Waals surface area contributed by atoms with E-state index >= 15 is 0 Å². The molecule has 0 radical (unpaired) electrons. The van der Waals surface area contributed by atoms with Gasteiger partial charge >= 0.3 is 0 Å². The molecule has 8 heavy (non-hydrogen) atoms. The van der Waals surface area contributed by atoms with Crippen LogP contribution in [0.3, 0.4) is 0 Å². The van der Waals surface area contributed by atoms with E-state index in [-0.39, 0.29) is 0 Å². The van der Waals surface area contributed by atoms with E-state index in [4.69, 9.17) is 0 Å². The molecular formula is C5H13NOS. The van der Waals surface area contributed by atoms with E-state index in [0.29, 0.717) is 0 Å². The van der Waals surface area contributed by atoms with Crippen molar-refractivity contribution in [2.24, 2.45) is 0 Å². The summed E-state index contributed by atoms with van der Waals surface area (Å²) in [6.07, 6.45) is 3.92. The Morgan fingerprint density at radius 2 is 2.25 bits per heavy atom. The molecule has 1 unspecified atom stereocenters. The normalized spacial score (nSPS) is 13.9. The molecule has 0 rings (SSSR count). The van der Waals surface area contributed by atoms with Crippen molar-refractivity contribution in [3.8, 4) is 0 Å². The number of hydrogen-bond acceptors (Lipinski definition) is 2. The van der Waals surface area contributed by atoms with E-state index in [2.05, 4.69) is 11.6 Å². The van der Waals surface area contributed by atoms with Crippen molar-refractivity contribution in [3.05, 3.63) is 0 Å². The van der Waals surface area contributed by atoms with E-state index in [1.807, 2.05) is 0 Å². The molecule has 0 saturated carbocycles. The Hall–Kier alpha value is 0.270. The van der Waals surface area contributed by atoms with Crippen molar-refractivity contribution in [2.75, 3.05) is 12.8 Å². The van der Waals surface area contributed by atoms with Gasteiger partial charge in [0, 0.05) is 17.9 Å². The maximum absolute atomic E-state index is 10.3. The Morgan fingerprint density at radius 1 is 1.62 bits per heavy atom. The fourth-order valence-corrected chi connectivity index (χ4v) is 0.824. The van der Waals surface area contributed by atoms with Crippen LogP contribution in [0.1, 0.15) is 19.8 Å². The maximum atomic E-state index is 10.3. The summed E-state index contributed by atoms with van der Waals surface area (Å²) < 4.78 is 13.1. The van der Waals surface area contributed by atoms with Crippen molar-refractivity contribution in [1.29, 1.82) is 0 Å². The third kappa shape index (κ3) is 6.27. The molecule has 0 aromatic rings. The number of hydrogen-bond donors (Lipinski definition) is 1. The van der Waals surface area contributed by atoms with E-state index in [0.717, 1.165) is 19.4 Å². The van der Waals surface area contributed by atoms with E-state index in [9.17, 15) is 4.55 Å². The first-order valence-electron chi connectivity index (χ1n) is 2.84. The van der Waals surface area contributed by atoms with Gasteiger partial charge in [-0.05, 0) is 6.42 Å². The highest BCUT2D eigenvalue weighted by Gasteiger charge is 1.91. The second-order valence-electron chi connectivity index (χ2n) is 1.70. The minimum atomic E-state index is -0.817.